The maximum absolute atomic E-state index is 12.6. The highest BCUT2D eigenvalue weighted by Crippen LogP contribution is 2.19. The van der Waals surface area contributed by atoms with Crippen LogP contribution in [0.5, 0.6) is 0 Å². The zero-order chi connectivity index (χ0) is 24.5. The zero-order valence-electron chi connectivity index (χ0n) is 18.8. The summed E-state index contributed by atoms with van der Waals surface area (Å²) in [5, 5.41) is 5.33. The number of amides is 2. The molecule has 3 aromatic rings. The highest BCUT2D eigenvalue weighted by molar-refractivity contribution is 6.03. The number of rotatable bonds is 8. The van der Waals surface area contributed by atoms with Gasteiger partial charge in [0.2, 0.25) is 5.91 Å². The highest BCUT2D eigenvalue weighted by Gasteiger charge is 2.17. The molecule has 0 bridgehead atoms. The molecule has 3 aromatic carbocycles. The van der Waals surface area contributed by atoms with Crippen LogP contribution >= 0.6 is 0 Å². The standard InChI is InChI=1S/C26H24N2O6/c1-17-12-13-19(25(31)33-2)15-22(17)28-24(30)16-34-26(32)20-10-6-7-11-21(20)27-23(29)14-18-8-4-3-5-9-18/h3-13,15H,14,16H2,1-2H3,(H,27,29)(H,28,30). The molecule has 34 heavy (non-hydrogen) atoms. The van der Waals surface area contributed by atoms with Crippen molar-refractivity contribution in [3.05, 3.63) is 95.1 Å². The molecule has 174 valence electrons. The number of aryl methyl sites for hydroxylation is 1. The van der Waals surface area contributed by atoms with Crippen LogP contribution in [0.4, 0.5) is 11.4 Å². The van der Waals surface area contributed by atoms with E-state index in [-0.39, 0.29) is 29.1 Å². The van der Waals surface area contributed by atoms with Crippen LogP contribution in [-0.4, -0.2) is 37.5 Å². The highest BCUT2D eigenvalue weighted by atomic mass is 16.5. The Kier molecular flexibility index (Phi) is 8.12. The lowest BCUT2D eigenvalue weighted by molar-refractivity contribution is -0.119. The van der Waals surface area contributed by atoms with E-state index in [0.717, 1.165) is 11.1 Å². The first-order chi connectivity index (χ1) is 16.4. The fourth-order valence-electron chi connectivity index (χ4n) is 3.14. The minimum absolute atomic E-state index is 0.126. The summed E-state index contributed by atoms with van der Waals surface area (Å²) in [6, 6.07) is 20.3. The van der Waals surface area contributed by atoms with Gasteiger partial charge >= 0.3 is 11.9 Å². The third-order valence-corrected chi connectivity index (χ3v) is 4.90. The van der Waals surface area contributed by atoms with E-state index in [4.69, 9.17) is 4.74 Å². The number of methoxy groups -OCH3 is 1. The van der Waals surface area contributed by atoms with E-state index < -0.39 is 24.5 Å². The van der Waals surface area contributed by atoms with Gasteiger partial charge in [0.25, 0.3) is 5.91 Å². The Bertz CT molecular complexity index is 1210. The number of ether oxygens (including phenoxy) is 2. The van der Waals surface area contributed by atoms with Crippen molar-refractivity contribution < 1.29 is 28.7 Å². The van der Waals surface area contributed by atoms with Gasteiger partial charge in [-0.25, -0.2) is 9.59 Å². The van der Waals surface area contributed by atoms with E-state index in [2.05, 4.69) is 15.4 Å². The lowest BCUT2D eigenvalue weighted by Crippen LogP contribution is -2.23. The van der Waals surface area contributed by atoms with Crippen molar-refractivity contribution in [3.8, 4) is 0 Å². The molecule has 0 fully saturated rings. The number of carbonyl (C=O) groups excluding carboxylic acids is 4. The second-order valence-electron chi connectivity index (χ2n) is 7.40. The normalized spacial score (nSPS) is 10.2. The van der Waals surface area contributed by atoms with Crippen molar-refractivity contribution in [2.45, 2.75) is 13.3 Å². The Labute approximate surface area is 196 Å². The molecule has 0 saturated heterocycles. The van der Waals surface area contributed by atoms with E-state index in [0.29, 0.717) is 5.69 Å². The molecule has 0 aliphatic carbocycles. The maximum atomic E-state index is 12.6. The molecule has 0 saturated carbocycles. The Morgan fingerprint density at radius 1 is 0.765 bits per heavy atom. The number of carbonyl (C=O) groups is 4. The fourth-order valence-corrected chi connectivity index (χ4v) is 3.14. The van der Waals surface area contributed by atoms with Crippen molar-refractivity contribution in [1.82, 2.24) is 0 Å². The molecule has 0 heterocycles. The first-order valence-corrected chi connectivity index (χ1v) is 10.5. The van der Waals surface area contributed by atoms with Gasteiger partial charge in [-0.05, 0) is 42.3 Å². The number of hydrogen-bond donors (Lipinski definition) is 2. The summed E-state index contributed by atoms with van der Waals surface area (Å²) in [4.78, 5) is 49.0. The van der Waals surface area contributed by atoms with Crippen molar-refractivity contribution in [1.29, 1.82) is 0 Å². The van der Waals surface area contributed by atoms with Crippen molar-refractivity contribution in [3.63, 3.8) is 0 Å². The molecule has 0 aliphatic rings. The van der Waals surface area contributed by atoms with Gasteiger partial charge in [-0.15, -0.1) is 0 Å². The van der Waals surface area contributed by atoms with E-state index >= 15 is 0 Å². The number of benzene rings is 3. The molecule has 8 nitrogen and oxygen atoms in total. The van der Waals surface area contributed by atoms with Crippen molar-refractivity contribution in [2.24, 2.45) is 0 Å². The lowest BCUT2D eigenvalue weighted by Gasteiger charge is -2.12. The van der Waals surface area contributed by atoms with Crippen LogP contribution in [0.15, 0.2) is 72.8 Å². The number of hydrogen-bond acceptors (Lipinski definition) is 6. The smallest absolute Gasteiger partial charge is 0.340 e. The van der Waals surface area contributed by atoms with Gasteiger partial charge in [0.15, 0.2) is 6.61 Å². The van der Waals surface area contributed by atoms with Gasteiger partial charge in [0.05, 0.1) is 30.3 Å². The SMILES string of the molecule is COC(=O)c1ccc(C)c(NC(=O)COC(=O)c2ccccc2NC(=O)Cc2ccccc2)c1. The third kappa shape index (κ3) is 6.52. The molecule has 2 amide bonds. The van der Waals surface area contributed by atoms with Crippen molar-refractivity contribution in [2.75, 3.05) is 24.4 Å². The molecule has 0 spiro atoms. The molecule has 3 rings (SSSR count). The van der Waals surface area contributed by atoms with Gasteiger partial charge in [0.1, 0.15) is 0 Å². The number of anilines is 2. The summed E-state index contributed by atoms with van der Waals surface area (Å²) in [6.45, 7) is 1.21. The van der Waals surface area contributed by atoms with Crippen LogP contribution in [-0.2, 0) is 25.5 Å². The zero-order valence-corrected chi connectivity index (χ0v) is 18.8. The Hall–Kier alpha value is -4.46. The van der Waals surface area contributed by atoms with Crippen LogP contribution < -0.4 is 10.6 Å². The first-order valence-electron chi connectivity index (χ1n) is 10.5. The minimum atomic E-state index is -0.759. The summed E-state index contributed by atoms with van der Waals surface area (Å²) < 4.78 is 9.83. The molecule has 0 aliphatic heterocycles. The van der Waals surface area contributed by atoms with Gasteiger partial charge < -0.3 is 20.1 Å². The Morgan fingerprint density at radius 3 is 2.18 bits per heavy atom. The average molecular weight is 460 g/mol. The minimum Gasteiger partial charge on any atom is -0.465 e. The molecule has 0 aromatic heterocycles. The van der Waals surface area contributed by atoms with Gasteiger partial charge in [-0.3, -0.25) is 9.59 Å². The second-order valence-corrected chi connectivity index (χ2v) is 7.40. The van der Waals surface area contributed by atoms with E-state index in [1.54, 1.807) is 37.3 Å². The first kappa shape index (κ1) is 24.2. The molecular formula is C26H24N2O6. The van der Waals surface area contributed by atoms with Crippen molar-refractivity contribution >= 4 is 35.1 Å². The van der Waals surface area contributed by atoms with Gasteiger partial charge in [0, 0.05) is 5.69 Å². The number of para-hydroxylation sites is 1. The van der Waals surface area contributed by atoms with Crippen LogP contribution in [0.3, 0.4) is 0 Å². The van der Waals surface area contributed by atoms with Crippen LogP contribution in [0, 0.1) is 6.92 Å². The largest absolute Gasteiger partial charge is 0.465 e. The Balaban J connectivity index is 1.60. The summed E-state index contributed by atoms with van der Waals surface area (Å²) in [7, 11) is 1.27. The van der Waals surface area contributed by atoms with Gasteiger partial charge in [-0.1, -0.05) is 48.5 Å². The third-order valence-electron chi connectivity index (χ3n) is 4.90. The predicted molar refractivity (Wildman–Crippen MR) is 127 cm³/mol. The molecular weight excluding hydrogens is 436 g/mol. The van der Waals surface area contributed by atoms with Gasteiger partial charge in [-0.2, -0.15) is 0 Å². The molecule has 2 N–H and O–H groups in total. The monoisotopic (exact) mass is 460 g/mol. The lowest BCUT2D eigenvalue weighted by atomic mass is 10.1. The van der Waals surface area contributed by atoms with Crippen LogP contribution in [0.25, 0.3) is 0 Å². The topological polar surface area (TPSA) is 111 Å². The van der Waals surface area contributed by atoms with Crippen LogP contribution in [0.1, 0.15) is 31.8 Å². The van der Waals surface area contributed by atoms with E-state index in [1.165, 1.54) is 19.2 Å². The molecule has 0 atom stereocenters. The molecule has 0 unspecified atom stereocenters. The maximum Gasteiger partial charge on any atom is 0.340 e. The molecule has 8 heteroatoms. The predicted octanol–water partition coefficient (Wildman–Crippen LogP) is 3.76. The summed E-state index contributed by atoms with van der Waals surface area (Å²) >= 11 is 0. The van der Waals surface area contributed by atoms with E-state index in [9.17, 15) is 19.2 Å². The van der Waals surface area contributed by atoms with E-state index in [1.807, 2.05) is 30.3 Å². The fraction of sp³-hybridized carbons (Fsp3) is 0.154. The quantitative estimate of drug-likeness (QED) is 0.495. The summed E-state index contributed by atoms with van der Waals surface area (Å²) in [5.74, 6) is -2.16. The van der Waals surface area contributed by atoms with Crippen LogP contribution in [0.2, 0.25) is 0 Å². The second kappa shape index (κ2) is 11.4. The average Bonchev–Trinajstić information content (AvgIpc) is 2.84. The number of esters is 2. The summed E-state index contributed by atoms with van der Waals surface area (Å²) in [5.41, 5.74) is 2.65. The molecule has 0 radical (unpaired) electrons. The Morgan fingerprint density at radius 2 is 1.44 bits per heavy atom. The number of nitrogens with one attached hydrogen (secondary N) is 2. The summed E-state index contributed by atoms with van der Waals surface area (Å²) in [6.07, 6.45) is 0.149.